The quantitative estimate of drug-likeness (QED) is 0.824. The van der Waals surface area contributed by atoms with Gasteiger partial charge in [-0.05, 0) is 17.5 Å². The van der Waals surface area contributed by atoms with Gasteiger partial charge in [0, 0.05) is 12.8 Å². The van der Waals surface area contributed by atoms with Crippen LogP contribution in [-0.4, -0.2) is 17.3 Å². The van der Waals surface area contributed by atoms with E-state index in [4.69, 9.17) is 4.74 Å². The molecule has 0 spiro atoms. The van der Waals surface area contributed by atoms with Crippen molar-refractivity contribution in [1.82, 2.24) is 0 Å². The monoisotopic (exact) mass is 206 g/mol. The van der Waals surface area contributed by atoms with Crippen LogP contribution in [0.2, 0.25) is 0 Å². The molecular weight excluding hydrogens is 188 g/mol. The summed E-state index contributed by atoms with van der Waals surface area (Å²) < 4.78 is 5.85. The minimum Gasteiger partial charge on any atom is -0.490 e. The van der Waals surface area contributed by atoms with Crippen molar-refractivity contribution in [3.05, 3.63) is 29.8 Å². The highest BCUT2D eigenvalue weighted by atomic mass is 16.5. The second kappa shape index (κ2) is 4.23. The van der Waals surface area contributed by atoms with E-state index in [1.54, 1.807) is 0 Å². The lowest BCUT2D eigenvalue weighted by atomic mass is 9.92. The summed E-state index contributed by atoms with van der Waals surface area (Å²) in [5.74, 6) is 1.45. The van der Waals surface area contributed by atoms with Gasteiger partial charge in [-0.3, -0.25) is 0 Å². The molecule has 0 heterocycles. The van der Waals surface area contributed by atoms with Crippen LogP contribution in [-0.2, 0) is 0 Å². The number of ether oxygens (including phenoxy) is 1. The van der Waals surface area contributed by atoms with Crippen molar-refractivity contribution in [3.63, 3.8) is 0 Å². The molecule has 1 aromatic rings. The molecule has 2 rings (SSSR count). The summed E-state index contributed by atoms with van der Waals surface area (Å²) >= 11 is 0. The number of hydrogen-bond donors (Lipinski definition) is 1. The highest BCUT2D eigenvalue weighted by molar-refractivity contribution is 5.35. The van der Waals surface area contributed by atoms with E-state index in [0.29, 0.717) is 5.92 Å². The van der Waals surface area contributed by atoms with Gasteiger partial charge in [0.2, 0.25) is 0 Å². The number of para-hydroxylation sites is 1. The third-order valence-electron chi connectivity index (χ3n) is 2.90. The van der Waals surface area contributed by atoms with Gasteiger partial charge in [0.05, 0.1) is 6.10 Å². The second-order valence-corrected chi connectivity index (χ2v) is 4.56. The van der Waals surface area contributed by atoms with Crippen LogP contribution >= 0.6 is 0 Å². The number of benzene rings is 1. The Morgan fingerprint density at radius 2 is 1.93 bits per heavy atom. The molecule has 0 radical (unpaired) electrons. The van der Waals surface area contributed by atoms with E-state index in [9.17, 15) is 5.11 Å². The normalized spacial score (nSPS) is 25.1. The topological polar surface area (TPSA) is 29.5 Å². The van der Waals surface area contributed by atoms with Gasteiger partial charge in [-0.1, -0.05) is 32.0 Å². The zero-order valence-electron chi connectivity index (χ0n) is 9.31. The minimum absolute atomic E-state index is 0.152. The Kier molecular flexibility index (Phi) is 2.96. The van der Waals surface area contributed by atoms with Crippen molar-refractivity contribution < 1.29 is 9.84 Å². The molecule has 0 aliphatic heterocycles. The lowest BCUT2D eigenvalue weighted by Crippen LogP contribution is -2.37. The van der Waals surface area contributed by atoms with Gasteiger partial charge in [0.15, 0.2) is 0 Å². The molecule has 1 aliphatic carbocycles. The first-order chi connectivity index (χ1) is 7.16. The zero-order chi connectivity index (χ0) is 10.8. The van der Waals surface area contributed by atoms with Gasteiger partial charge < -0.3 is 9.84 Å². The molecule has 1 saturated carbocycles. The van der Waals surface area contributed by atoms with Gasteiger partial charge >= 0.3 is 0 Å². The van der Waals surface area contributed by atoms with Crippen LogP contribution < -0.4 is 4.74 Å². The Balaban J connectivity index is 2.07. The molecule has 0 atom stereocenters. The summed E-state index contributed by atoms with van der Waals surface area (Å²) in [7, 11) is 0. The Labute approximate surface area is 90.9 Å². The molecule has 0 amide bonds. The summed E-state index contributed by atoms with van der Waals surface area (Å²) in [5, 5.41) is 9.19. The highest BCUT2D eigenvalue weighted by Crippen LogP contribution is 2.31. The zero-order valence-corrected chi connectivity index (χ0v) is 9.31. The molecule has 1 fully saturated rings. The number of hydrogen-bond acceptors (Lipinski definition) is 2. The predicted octanol–water partition coefficient (Wildman–Crippen LogP) is 2.71. The summed E-state index contributed by atoms with van der Waals surface area (Å²) in [6, 6.07) is 8.16. The average molecular weight is 206 g/mol. The van der Waals surface area contributed by atoms with Crippen LogP contribution in [0.3, 0.4) is 0 Å². The summed E-state index contributed by atoms with van der Waals surface area (Å²) in [6.45, 7) is 4.33. The predicted molar refractivity (Wildman–Crippen MR) is 60.2 cm³/mol. The summed E-state index contributed by atoms with van der Waals surface area (Å²) in [5.41, 5.74) is 1.25. The molecule has 82 valence electrons. The average Bonchev–Trinajstić information content (AvgIpc) is 2.16. The van der Waals surface area contributed by atoms with E-state index in [2.05, 4.69) is 19.9 Å². The van der Waals surface area contributed by atoms with Crippen LogP contribution in [0.5, 0.6) is 5.75 Å². The fraction of sp³-hybridized carbons (Fsp3) is 0.538. The molecule has 0 bridgehead atoms. The molecule has 0 aromatic heterocycles. The molecule has 1 aliphatic rings. The van der Waals surface area contributed by atoms with Crippen molar-refractivity contribution in [2.45, 2.75) is 44.8 Å². The van der Waals surface area contributed by atoms with Crippen molar-refractivity contribution in [2.75, 3.05) is 0 Å². The number of rotatable bonds is 3. The number of aliphatic hydroxyl groups excluding tert-OH is 1. The van der Waals surface area contributed by atoms with Gasteiger partial charge in [0.25, 0.3) is 0 Å². The van der Waals surface area contributed by atoms with E-state index in [1.165, 1.54) is 5.56 Å². The van der Waals surface area contributed by atoms with Crippen LogP contribution in [0.25, 0.3) is 0 Å². The Hall–Kier alpha value is -1.02. The van der Waals surface area contributed by atoms with Crippen LogP contribution in [0, 0.1) is 0 Å². The van der Waals surface area contributed by atoms with E-state index in [1.807, 2.05) is 18.2 Å². The van der Waals surface area contributed by atoms with Crippen molar-refractivity contribution >= 4 is 0 Å². The number of aliphatic hydroxyl groups is 1. The van der Waals surface area contributed by atoms with Crippen LogP contribution in [0.15, 0.2) is 24.3 Å². The third kappa shape index (κ3) is 2.32. The van der Waals surface area contributed by atoms with Crippen molar-refractivity contribution in [3.8, 4) is 5.75 Å². The van der Waals surface area contributed by atoms with E-state index >= 15 is 0 Å². The molecule has 0 saturated heterocycles. The van der Waals surface area contributed by atoms with E-state index < -0.39 is 0 Å². The Morgan fingerprint density at radius 3 is 2.53 bits per heavy atom. The molecule has 2 heteroatoms. The van der Waals surface area contributed by atoms with Crippen LogP contribution in [0.4, 0.5) is 0 Å². The fourth-order valence-electron chi connectivity index (χ4n) is 1.88. The molecule has 15 heavy (non-hydrogen) atoms. The highest BCUT2D eigenvalue weighted by Gasteiger charge is 2.29. The lowest BCUT2D eigenvalue weighted by Gasteiger charge is -2.32. The van der Waals surface area contributed by atoms with Gasteiger partial charge in [-0.2, -0.15) is 0 Å². The molecule has 0 unspecified atom stereocenters. The SMILES string of the molecule is CC(C)c1ccccc1OC1CC(O)C1. The fourth-order valence-corrected chi connectivity index (χ4v) is 1.88. The lowest BCUT2D eigenvalue weighted by molar-refractivity contribution is -0.0112. The van der Waals surface area contributed by atoms with Gasteiger partial charge in [-0.15, -0.1) is 0 Å². The maximum atomic E-state index is 9.19. The molecule has 1 N–H and O–H groups in total. The maximum Gasteiger partial charge on any atom is 0.123 e. The second-order valence-electron chi connectivity index (χ2n) is 4.56. The first-order valence-electron chi connectivity index (χ1n) is 5.60. The Morgan fingerprint density at radius 1 is 1.27 bits per heavy atom. The molecule has 2 nitrogen and oxygen atoms in total. The standard InChI is InChI=1S/C13H18O2/c1-9(2)12-5-3-4-6-13(12)15-11-7-10(14)8-11/h3-6,9-11,14H,7-8H2,1-2H3. The summed E-state index contributed by atoms with van der Waals surface area (Å²) in [4.78, 5) is 0. The van der Waals surface area contributed by atoms with E-state index in [-0.39, 0.29) is 12.2 Å². The largest absolute Gasteiger partial charge is 0.490 e. The van der Waals surface area contributed by atoms with Crippen LogP contribution in [0.1, 0.15) is 38.2 Å². The van der Waals surface area contributed by atoms with Gasteiger partial charge in [0.1, 0.15) is 11.9 Å². The first-order valence-corrected chi connectivity index (χ1v) is 5.60. The molecular formula is C13H18O2. The molecule has 1 aromatic carbocycles. The third-order valence-corrected chi connectivity index (χ3v) is 2.90. The Bertz CT molecular complexity index is 327. The van der Waals surface area contributed by atoms with E-state index in [0.717, 1.165) is 18.6 Å². The minimum atomic E-state index is -0.152. The van der Waals surface area contributed by atoms with Crippen molar-refractivity contribution in [1.29, 1.82) is 0 Å². The first kappa shape index (κ1) is 10.5. The van der Waals surface area contributed by atoms with Crippen molar-refractivity contribution in [2.24, 2.45) is 0 Å². The maximum absolute atomic E-state index is 9.19. The summed E-state index contributed by atoms with van der Waals surface area (Å²) in [6.07, 6.45) is 1.60. The smallest absolute Gasteiger partial charge is 0.123 e. The van der Waals surface area contributed by atoms with Gasteiger partial charge in [-0.25, -0.2) is 0 Å².